The van der Waals surface area contributed by atoms with Gasteiger partial charge in [-0.05, 0) is 66.6 Å². The quantitative estimate of drug-likeness (QED) is 0.925. The summed E-state index contributed by atoms with van der Waals surface area (Å²) in [5.74, 6) is 1.25. The second-order valence-corrected chi connectivity index (χ2v) is 7.15. The number of halogens is 1. The van der Waals surface area contributed by atoms with Crippen LogP contribution in [0.5, 0.6) is 0 Å². The predicted octanol–water partition coefficient (Wildman–Crippen LogP) is 3.17. The van der Waals surface area contributed by atoms with Gasteiger partial charge in [0.1, 0.15) is 5.54 Å². The molecule has 1 N–H and O–H groups in total. The zero-order valence-corrected chi connectivity index (χ0v) is 15.0. The number of rotatable bonds is 3. The molecule has 0 atom stereocenters. The number of benzene rings is 1. The first-order chi connectivity index (χ1) is 11.4. The van der Waals surface area contributed by atoms with Gasteiger partial charge in [0, 0.05) is 11.9 Å². The van der Waals surface area contributed by atoms with Crippen molar-refractivity contribution >= 4 is 17.5 Å². The van der Waals surface area contributed by atoms with Crippen molar-refractivity contribution in [2.75, 3.05) is 0 Å². The number of carbonyl (C=O) groups excluding carboxylic acids is 1. The molecular formula is C17H22ClN5O. The van der Waals surface area contributed by atoms with Crippen molar-refractivity contribution in [3.05, 3.63) is 34.6 Å². The maximum Gasteiger partial charge on any atom is 0.217 e. The second kappa shape index (κ2) is 6.51. The molecule has 24 heavy (non-hydrogen) atoms. The minimum Gasteiger partial charge on any atom is -0.344 e. The Morgan fingerprint density at radius 1 is 1.38 bits per heavy atom. The smallest absolute Gasteiger partial charge is 0.217 e. The number of aromatic nitrogens is 4. The molecule has 1 saturated carbocycles. The van der Waals surface area contributed by atoms with Gasteiger partial charge in [0.2, 0.25) is 5.91 Å². The molecule has 0 spiro atoms. The highest BCUT2D eigenvalue weighted by Gasteiger charge is 2.41. The Morgan fingerprint density at radius 2 is 2.08 bits per heavy atom. The fourth-order valence-electron chi connectivity index (χ4n) is 3.47. The van der Waals surface area contributed by atoms with E-state index >= 15 is 0 Å². The number of hydrogen-bond donors (Lipinski definition) is 1. The van der Waals surface area contributed by atoms with Crippen LogP contribution in [0, 0.1) is 12.8 Å². The fourth-order valence-corrected chi connectivity index (χ4v) is 3.64. The molecule has 0 saturated heterocycles. The van der Waals surface area contributed by atoms with Crippen LogP contribution in [0.4, 0.5) is 0 Å². The Bertz CT molecular complexity index is 749. The maximum absolute atomic E-state index is 11.9. The summed E-state index contributed by atoms with van der Waals surface area (Å²) in [6, 6.07) is 5.66. The Balaban J connectivity index is 2.09. The molecule has 0 radical (unpaired) electrons. The van der Waals surface area contributed by atoms with Crippen LogP contribution in [-0.4, -0.2) is 26.1 Å². The average molecular weight is 348 g/mol. The summed E-state index contributed by atoms with van der Waals surface area (Å²) >= 11 is 6.26. The molecule has 1 amide bonds. The Kier molecular flexibility index (Phi) is 4.58. The lowest BCUT2D eigenvalue weighted by Crippen LogP contribution is -2.49. The zero-order valence-electron chi connectivity index (χ0n) is 14.2. The topological polar surface area (TPSA) is 72.7 Å². The normalized spacial score (nSPS) is 23.9. The third kappa shape index (κ3) is 3.02. The highest BCUT2D eigenvalue weighted by atomic mass is 35.5. The van der Waals surface area contributed by atoms with Crippen molar-refractivity contribution in [1.82, 2.24) is 25.5 Å². The lowest BCUT2D eigenvalue weighted by Gasteiger charge is -2.38. The molecule has 0 aliphatic heterocycles. The van der Waals surface area contributed by atoms with Crippen molar-refractivity contribution in [3.8, 4) is 5.69 Å². The molecule has 1 heterocycles. The molecule has 2 aromatic rings. The van der Waals surface area contributed by atoms with E-state index in [2.05, 4.69) is 27.8 Å². The molecule has 0 bridgehead atoms. The highest BCUT2D eigenvalue weighted by Crippen LogP contribution is 2.39. The second-order valence-electron chi connectivity index (χ2n) is 6.74. The third-order valence-electron chi connectivity index (χ3n) is 4.91. The first-order valence-electron chi connectivity index (χ1n) is 8.26. The van der Waals surface area contributed by atoms with Gasteiger partial charge in [0.25, 0.3) is 0 Å². The van der Waals surface area contributed by atoms with Crippen LogP contribution in [0.25, 0.3) is 5.69 Å². The summed E-state index contributed by atoms with van der Waals surface area (Å²) in [4.78, 5) is 11.9. The fraction of sp³-hybridized carbons (Fsp3) is 0.529. The van der Waals surface area contributed by atoms with E-state index < -0.39 is 5.54 Å². The van der Waals surface area contributed by atoms with Crippen molar-refractivity contribution < 1.29 is 4.79 Å². The van der Waals surface area contributed by atoms with Crippen LogP contribution in [-0.2, 0) is 10.3 Å². The molecular weight excluding hydrogens is 326 g/mol. The van der Waals surface area contributed by atoms with Crippen LogP contribution in [0.3, 0.4) is 0 Å². The first kappa shape index (κ1) is 16.9. The largest absolute Gasteiger partial charge is 0.344 e. The molecule has 6 nitrogen and oxygen atoms in total. The van der Waals surface area contributed by atoms with E-state index in [-0.39, 0.29) is 5.91 Å². The summed E-state index contributed by atoms with van der Waals surface area (Å²) < 4.78 is 1.72. The van der Waals surface area contributed by atoms with Crippen LogP contribution in [0.2, 0.25) is 5.02 Å². The van der Waals surface area contributed by atoms with E-state index in [1.54, 1.807) is 11.6 Å². The molecule has 1 aromatic carbocycles. The highest BCUT2D eigenvalue weighted by molar-refractivity contribution is 6.31. The summed E-state index contributed by atoms with van der Waals surface area (Å²) in [5.41, 5.74) is 1.22. The van der Waals surface area contributed by atoms with Crippen molar-refractivity contribution in [2.45, 2.75) is 52.0 Å². The van der Waals surface area contributed by atoms with Crippen molar-refractivity contribution in [3.63, 3.8) is 0 Å². The van der Waals surface area contributed by atoms with Gasteiger partial charge in [-0.25, -0.2) is 0 Å². The molecule has 0 unspecified atom stereocenters. The van der Waals surface area contributed by atoms with E-state index in [0.29, 0.717) is 16.8 Å². The van der Waals surface area contributed by atoms with Crippen LogP contribution >= 0.6 is 11.6 Å². The molecule has 128 valence electrons. The summed E-state index contributed by atoms with van der Waals surface area (Å²) in [5, 5.41) is 16.1. The number of hydrogen-bond acceptors (Lipinski definition) is 4. The van der Waals surface area contributed by atoms with Crippen LogP contribution < -0.4 is 5.32 Å². The summed E-state index contributed by atoms with van der Waals surface area (Å²) in [7, 11) is 0. The van der Waals surface area contributed by atoms with Gasteiger partial charge >= 0.3 is 0 Å². The maximum atomic E-state index is 11.9. The van der Waals surface area contributed by atoms with E-state index in [1.807, 2.05) is 25.1 Å². The number of carbonyl (C=O) groups is 1. The Labute approximate surface area is 146 Å². The third-order valence-corrected chi connectivity index (χ3v) is 5.32. The van der Waals surface area contributed by atoms with E-state index in [1.165, 1.54) is 0 Å². The van der Waals surface area contributed by atoms with Gasteiger partial charge in [-0.3, -0.25) is 4.79 Å². The molecule has 7 heteroatoms. The Morgan fingerprint density at radius 3 is 2.75 bits per heavy atom. The lowest BCUT2D eigenvalue weighted by molar-refractivity contribution is -0.121. The van der Waals surface area contributed by atoms with Gasteiger partial charge in [-0.15, -0.1) is 5.10 Å². The molecule has 1 aliphatic rings. The van der Waals surface area contributed by atoms with E-state index in [4.69, 9.17) is 11.6 Å². The van der Waals surface area contributed by atoms with Gasteiger partial charge in [0.05, 0.1) is 5.69 Å². The standard InChI is InChI=1S/C17H22ClN5O/c1-11-7-9-17(10-8-11,19-13(3)24)16-20-21-22-23(16)15-6-4-5-14(18)12(15)2/h4-6,11H,7-10H2,1-3H3,(H,19,24). The van der Waals surface area contributed by atoms with Crippen molar-refractivity contribution in [1.29, 1.82) is 0 Å². The molecule has 3 rings (SSSR count). The number of amides is 1. The SMILES string of the molecule is CC(=O)NC1(c2nnnn2-c2cccc(Cl)c2C)CCC(C)CC1. The molecule has 1 fully saturated rings. The first-order valence-corrected chi connectivity index (χ1v) is 8.64. The minimum absolute atomic E-state index is 0.0677. The minimum atomic E-state index is -0.531. The van der Waals surface area contributed by atoms with Gasteiger partial charge in [-0.1, -0.05) is 24.6 Å². The molecule has 1 aromatic heterocycles. The van der Waals surface area contributed by atoms with E-state index in [9.17, 15) is 4.79 Å². The van der Waals surface area contributed by atoms with Crippen LogP contribution in [0.15, 0.2) is 18.2 Å². The summed E-state index contributed by atoms with van der Waals surface area (Å²) in [6.07, 6.45) is 3.71. The number of tetrazole rings is 1. The Hall–Kier alpha value is -1.95. The van der Waals surface area contributed by atoms with Crippen molar-refractivity contribution in [2.24, 2.45) is 5.92 Å². The average Bonchev–Trinajstić information content (AvgIpc) is 3.02. The molecule has 1 aliphatic carbocycles. The van der Waals surface area contributed by atoms with Crippen LogP contribution in [0.1, 0.15) is 50.9 Å². The number of nitrogens with one attached hydrogen (secondary N) is 1. The van der Waals surface area contributed by atoms with Gasteiger partial charge < -0.3 is 5.32 Å². The number of nitrogens with zero attached hydrogens (tertiary/aromatic N) is 4. The van der Waals surface area contributed by atoms with Gasteiger partial charge in [-0.2, -0.15) is 4.68 Å². The summed E-state index contributed by atoms with van der Waals surface area (Å²) in [6.45, 7) is 5.72. The lowest BCUT2D eigenvalue weighted by atomic mass is 9.76. The monoisotopic (exact) mass is 347 g/mol. The zero-order chi connectivity index (χ0) is 17.3. The van der Waals surface area contributed by atoms with E-state index in [0.717, 1.165) is 36.9 Å². The predicted molar refractivity (Wildman–Crippen MR) is 92.0 cm³/mol. The van der Waals surface area contributed by atoms with Gasteiger partial charge in [0.15, 0.2) is 5.82 Å².